The summed E-state index contributed by atoms with van der Waals surface area (Å²) >= 11 is 0. The van der Waals surface area contributed by atoms with Gasteiger partial charge in [-0.1, -0.05) is 74.0 Å². The Labute approximate surface area is 214 Å². The molecule has 2 aliphatic rings. The van der Waals surface area contributed by atoms with Crippen LogP contribution in [-0.4, -0.2) is 38.6 Å². The lowest BCUT2D eigenvalue weighted by molar-refractivity contribution is 0.144. The van der Waals surface area contributed by atoms with Crippen LogP contribution in [0.1, 0.15) is 90.9 Å². The molecule has 2 atom stereocenters. The molecule has 2 unspecified atom stereocenters. The van der Waals surface area contributed by atoms with Gasteiger partial charge in [-0.2, -0.15) is 0 Å². The van der Waals surface area contributed by atoms with E-state index in [1.807, 2.05) is 29.5 Å². The van der Waals surface area contributed by atoms with Crippen LogP contribution >= 0.6 is 51.1 Å². The predicted octanol–water partition coefficient (Wildman–Crippen LogP) is 10.1. The minimum atomic E-state index is -1.66. The third kappa shape index (κ3) is 10.7. The van der Waals surface area contributed by atoms with Crippen LogP contribution in [0.4, 0.5) is 0 Å². The third-order valence-corrected chi connectivity index (χ3v) is 26.7. The molecule has 0 radical (unpaired) electrons. The van der Waals surface area contributed by atoms with Crippen LogP contribution in [0.15, 0.2) is 0 Å². The lowest BCUT2D eigenvalue weighted by Crippen LogP contribution is -2.45. The summed E-state index contributed by atoms with van der Waals surface area (Å²) in [5.74, 6) is 0. The molecule has 0 spiro atoms. The summed E-state index contributed by atoms with van der Waals surface area (Å²) in [6.07, 6.45) is 16.9. The molecule has 2 fully saturated rings. The molecule has 0 bridgehead atoms. The van der Waals surface area contributed by atoms with Crippen molar-refractivity contribution >= 4 is 67.7 Å². The summed E-state index contributed by atoms with van der Waals surface area (Å²) in [5.41, 5.74) is 0. The van der Waals surface area contributed by atoms with Gasteiger partial charge in [0.05, 0.1) is 0 Å². The van der Waals surface area contributed by atoms with E-state index in [0.717, 1.165) is 0 Å². The van der Waals surface area contributed by atoms with E-state index in [4.69, 9.17) is 8.85 Å². The smallest absolute Gasteiger partial charge is 0.200 e. The minimum absolute atomic E-state index is 0.536. The molecule has 2 rings (SSSR count). The van der Waals surface area contributed by atoms with Gasteiger partial charge < -0.3 is 8.85 Å². The van der Waals surface area contributed by atoms with Gasteiger partial charge in [-0.3, -0.25) is 0 Å². The van der Waals surface area contributed by atoms with Crippen LogP contribution in [-0.2, 0) is 8.85 Å². The highest BCUT2D eigenvalue weighted by Gasteiger charge is 2.37. The van der Waals surface area contributed by atoms with Crippen molar-refractivity contribution in [2.24, 2.45) is 0 Å². The lowest BCUT2D eigenvalue weighted by Gasteiger charge is -2.36. The van der Waals surface area contributed by atoms with E-state index in [0.29, 0.717) is 22.0 Å². The second kappa shape index (κ2) is 15.3. The maximum atomic E-state index is 6.73. The monoisotopic (exact) mass is 558 g/mol. The molecule has 0 aromatic rings. The van der Waals surface area contributed by atoms with Crippen molar-refractivity contribution in [1.29, 1.82) is 0 Å². The zero-order valence-electron chi connectivity index (χ0n) is 20.7. The van der Waals surface area contributed by atoms with Crippen LogP contribution < -0.4 is 0 Å². The van der Waals surface area contributed by atoms with Crippen molar-refractivity contribution in [3.05, 3.63) is 0 Å². The van der Waals surface area contributed by atoms with Crippen LogP contribution in [0.3, 0.4) is 0 Å². The fraction of sp³-hybridized carbons (Fsp3) is 1.00. The van der Waals surface area contributed by atoms with Gasteiger partial charge in [-0.25, -0.2) is 0 Å². The molecule has 9 heteroatoms. The molecule has 0 heterocycles. The molecule has 0 aliphatic heterocycles. The molecule has 0 N–H and O–H groups in total. The van der Waals surface area contributed by atoms with Gasteiger partial charge in [0.2, 0.25) is 16.6 Å². The standard InChI is InChI=1S/C22H46O2S5Si2/c1-7-21(30(3,4)23-19-15-11-9-12-16-19)25-27-29-28-26-22(8-2)31(5,6)24-20-17-13-10-14-18-20/h19-22H,7-18H2,1-6H3. The minimum Gasteiger partial charge on any atom is -0.413 e. The topological polar surface area (TPSA) is 18.5 Å². The third-order valence-electron chi connectivity index (χ3n) is 6.70. The Balaban J connectivity index is 1.70. The van der Waals surface area contributed by atoms with Crippen molar-refractivity contribution in [3.63, 3.8) is 0 Å². The number of hydrogen-bond acceptors (Lipinski definition) is 7. The largest absolute Gasteiger partial charge is 0.413 e. The highest BCUT2D eigenvalue weighted by atomic mass is 33.8. The average Bonchev–Trinajstić information content (AvgIpc) is 2.73. The molecular formula is C22H46O2S5Si2. The second-order valence-corrected chi connectivity index (χ2v) is 27.3. The molecule has 0 amide bonds. The zero-order chi connectivity index (χ0) is 22.7. The summed E-state index contributed by atoms with van der Waals surface area (Å²) in [6, 6.07) is 0. The summed E-state index contributed by atoms with van der Waals surface area (Å²) in [4.78, 5) is 1.33. The van der Waals surface area contributed by atoms with Gasteiger partial charge >= 0.3 is 0 Å². The first kappa shape index (κ1) is 29.3. The fourth-order valence-electron chi connectivity index (χ4n) is 4.87. The van der Waals surface area contributed by atoms with E-state index in [1.54, 1.807) is 0 Å². The van der Waals surface area contributed by atoms with Crippen molar-refractivity contribution in [2.75, 3.05) is 0 Å². The first-order valence-corrected chi connectivity index (χ1v) is 24.7. The summed E-state index contributed by atoms with van der Waals surface area (Å²) in [7, 11) is 6.73. The van der Waals surface area contributed by atoms with Gasteiger partial charge in [0.25, 0.3) is 0 Å². The highest BCUT2D eigenvalue weighted by Crippen LogP contribution is 2.54. The molecular weight excluding hydrogens is 513 g/mol. The maximum Gasteiger partial charge on any atom is 0.200 e. The molecule has 184 valence electrons. The van der Waals surface area contributed by atoms with Gasteiger partial charge in [0.15, 0.2) is 0 Å². The average molecular weight is 559 g/mol. The SMILES string of the molecule is CCC(SSSSSC(CC)[Si](C)(C)OC1CCCCC1)[Si](C)(C)OC1CCCCC1. The first-order chi connectivity index (χ1) is 14.8. The molecule has 0 aromatic carbocycles. The quantitative estimate of drug-likeness (QED) is 0.118. The van der Waals surface area contributed by atoms with E-state index >= 15 is 0 Å². The Morgan fingerprint density at radius 3 is 1.29 bits per heavy atom. The normalized spacial score (nSPS) is 21.9. The zero-order valence-corrected chi connectivity index (χ0v) is 26.7. The van der Waals surface area contributed by atoms with Gasteiger partial charge in [0, 0.05) is 22.0 Å². The first-order valence-electron chi connectivity index (χ1n) is 12.5. The Kier molecular flexibility index (Phi) is 14.4. The van der Waals surface area contributed by atoms with Crippen LogP contribution in [0, 0.1) is 0 Å². The Hall–Kier alpha value is 2.10. The summed E-state index contributed by atoms with van der Waals surface area (Å²) in [5, 5.41) is 0. The second-order valence-electron chi connectivity index (χ2n) is 10.2. The Bertz CT molecular complexity index is 445. The van der Waals surface area contributed by atoms with Gasteiger partial charge in [-0.05, 0) is 94.2 Å². The Morgan fingerprint density at radius 2 is 0.968 bits per heavy atom. The van der Waals surface area contributed by atoms with Crippen LogP contribution in [0.2, 0.25) is 26.2 Å². The Morgan fingerprint density at radius 1 is 0.613 bits per heavy atom. The fourth-order valence-corrected chi connectivity index (χ4v) is 26.7. The number of rotatable bonds is 14. The maximum absolute atomic E-state index is 6.73. The highest BCUT2D eigenvalue weighted by molar-refractivity contribution is 9.35. The van der Waals surface area contributed by atoms with Crippen molar-refractivity contribution in [2.45, 2.75) is 139 Å². The van der Waals surface area contributed by atoms with Gasteiger partial charge in [0.1, 0.15) is 0 Å². The number of hydrogen-bond donors (Lipinski definition) is 0. The molecule has 2 saturated carbocycles. The molecule has 2 nitrogen and oxygen atoms in total. The van der Waals surface area contributed by atoms with E-state index in [-0.39, 0.29) is 0 Å². The van der Waals surface area contributed by atoms with E-state index < -0.39 is 16.6 Å². The molecule has 0 aromatic heterocycles. The summed E-state index contributed by atoms with van der Waals surface area (Å²) in [6.45, 7) is 14.5. The molecule has 31 heavy (non-hydrogen) atoms. The van der Waals surface area contributed by atoms with Crippen molar-refractivity contribution in [1.82, 2.24) is 0 Å². The van der Waals surface area contributed by atoms with Gasteiger partial charge in [-0.15, -0.1) is 0 Å². The summed E-state index contributed by atoms with van der Waals surface area (Å²) < 4.78 is 13.5. The van der Waals surface area contributed by atoms with E-state index in [9.17, 15) is 0 Å². The van der Waals surface area contributed by atoms with E-state index in [1.165, 1.54) is 77.0 Å². The predicted molar refractivity (Wildman–Crippen MR) is 157 cm³/mol. The van der Waals surface area contributed by atoms with Crippen molar-refractivity contribution < 1.29 is 8.85 Å². The van der Waals surface area contributed by atoms with Crippen LogP contribution in [0.5, 0.6) is 0 Å². The molecule has 2 aliphatic carbocycles. The molecule has 0 saturated heterocycles. The van der Waals surface area contributed by atoms with E-state index in [2.05, 4.69) is 61.6 Å². The van der Waals surface area contributed by atoms with Crippen LogP contribution in [0.25, 0.3) is 0 Å². The lowest BCUT2D eigenvalue weighted by atomic mass is 9.98. The van der Waals surface area contributed by atoms with Crippen molar-refractivity contribution in [3.8, 4) is 0 Å².